The molecule has 2 heterocycles. The van der Waals surface area contributed by atoms with Crippen molar-refractivity contribution >= 4 is 22.7 Å². The minimum absolute atomic E-state index is 1.04. The molecule has 2 rings (SSSR count). The second kappa shape index (κ2) is 2.58. The first-order chi connectivity index (χ1) is 5.40. The number of rotatable bonds is 1. The molecule has 0 unspecified atom stereocenters. The van der Waals surface area contributed by atoms with Crippen LogP contribution in [0.5, 0.6) is 0 Å². The van der Waals surface area contributed by atoms with E-state index in [1.54, 1.807) is 11.8 Å². The number of hydrogen-bond acceptors (Lipinski definition) is 2. The van der Waals surface area contributed by atoms with Crippen molar-refractivity contribution in [2.75, 3.05) is 6.26 Å². The van der Waals surface area contributed by atoms with Gasteiger partial charge in [-0.2, -0.15) is 0 Å². The molecule has 0 saturated heterocycles. The maximum atomic E-state index is 4.39. The Bertz CT molecular complexity index is 367. The highest BCUT2D eigenvalue weighted by Crippen LogP contribution is 2.16. The molecule has 2 aromatic rings. The van der Waals surface area contributed by atoms with Gasteiger partial charge in [0.1, 0.15) is 0 Å². The molecule has 0 amide bonds. The Morgan fingerprint density at radius 2 is 2.27 bits per heavy atom. The number of aromatic amines is 1. The van der Waals surface area contributed by atoms with Gasteiger partial charge in [0.2, 0.25) is 0 Å². The molecular formula is C8H8N2S. The van der Waals surface area contributed by atoms with E-state index in [1.165, 1.54) is 5.39 Å². The lowest BCUT2D eigenvalue weighted by atomic mass is 10.3. The van der Waals surface area contributed by atoms with E-state index in [4.69, 9.17) is 0 Å². The third-order valence-corrected chi connectivity index (χ3v) is 2.25. The largest absolute Gasteiger partial charge is 0.365 e. The van der Waals surface area contributed by atoms with Crippen molar-refractivity contribution in [2.24, 2.45) is 0 Å². The fourth-order valence-corrected chi connectivity index (χ4v) is 1.42. The van der Waals surface area contributed by atoms with Crippen LogP contribution >= 0.6 is 11.8 Å². The van der Waals surface area contributed by atoms with Crippen LogP contribution in [0.2, 0.25) is 0 Å². The first-order valence-electron chi connectivity index (χ1n) is 3.37. The maximum Gasteiger partial charge on any atom is 0.0965 e. The van der Waals surface area contributed by atoms with Crippen molar-refractivity contribution in [1.29, 1.82) is 0 Å². The van der Waals surface area contributed by atoms with Crippen molar-refractivity contribution in [3.05, 3.63) is 24.5 Å². The van der Waals surface area contributed by atoms with E-state index < -0.39 is 0 Å². The number of hydrogen-bond donors (Lipinski definition) is 1. The summed E-state index contributed by atoms with van der Waals surface area (Å²) in [5.41, 5.74) is 1.04. The van der Waals surface area contributed by atoms with Gasteiger partial charge >= 0.3 is 0 Å². The lowest BCUT2D eigenvalue weighted by Gasteiger charge is -1.93. The van der Waals surface area contributed by atoms with Gasteiger partial charge in [-0.05, 0) is 18.4 Å². The van der Waals surface area contributed by atoms with Gasteiger partial charge in [-0.25, -0.2) is 4.98 Å². The minimum Gasteiger partial charge on any atom is -0.365 e. The Labute approximate surface area is 69.0 Å². The second-order valence-electron chi connectivity index (χ2n) is 2.28. The Balaban J connectivity index is 2.67. The van der Waals surface area contributed by atoms with Gasteiger partial charge in [0.15, 0.2) is 0 Å². The van der Waals surface area contributed by atoms with Crippen LogP contribution in [0.4, 0.5) is 0 Å². The van der Waals surface area contributed by atoms with E-state index in [9.17, 15) is 0 Å². The summed E-state index contributed by atoms with van der Waals surface area (Å²) >= 11 is 1.66. The zero-order valence-electron chi connectivity index (χ0n) is 6.16. The number of aromatic nitrogens is 2. The summed E-state index contributed by atoms with van der Waals surface area (Å²) in [7, 11) is 0. The van der Waals surface area contributed by atoms with E-state index in [0.29, 0.717) is 0 Å². The Morgan fingerprint density at radius 3 is 3.09 bits per heavy atom. The van der Waals surface area contributed by atoms with Crippen molar-refractivity contribution < 1.29 is 0 Å². The molecule has 0 fully saturated rings. The second-order valence-corrected chi connectivity index (χ2v) is 3.11. The molecule has 0 saturated carbocycles. The standard InChI is InChI=1S/C8H8N2S/c1-11-8-3-2-6-4-9-5-7(6)10-8/h2-5,9H,1H3. The van der Waals surface area contributed by atoms with Crippen LogP contribution in [0.1, 0.15) is 0 Å². The predicted octanol–water partition coefficient (Wildman–Crippen LogP) is 2.28. The summed E-state index contributed by atoms with van der Waals surface area (Å²) in [6, 6.07) is 4.10. The van der Waals surface area contributed by atoms with Crippen LogP contribution in [-0.2, 0) is 0 Å². The Morgan fingerprint density at radius 1 is 1.36 bits per heavy atom. The van der Waals surface area contributed by atoms with Crippen molar-refractivity contribution in [3.8, 4) is 0 Å². The number of thioether (sulfide) groups is 1. The molecule has 56 valence electrons. The molecule has 0 radical (unpaired) electrons. The molecule has 0 aliphatic heterocycles. The summed E-state index contributed by atoms with van der Waals surface area (Å²) in [6.45, 7) is 0. The highest BCUT2D eigenvalue weighted by molar-refractivity contribution is 7.98. The molecule has 3 heteroatoms. The average molecular weight is 164 g/mol. The van der Waals surface area contributed by atoms with Gasteiger partial charge < -0.3 is 4.98 Å². The average Bonchev–Trinajstić information content (AvgIpc) is 2.50. The fraction of sp³-hybridized carbons (Fsp3) is 0.125. The highest BCUT2D eigenvalue weighted by Gasteiger charge is 1.95. The molecule has 0 aliphatic carbocycles. The lowest BCUT2D eigenvalue weighted by molar-refractivity contribution is 1.20. The van der Waals surface area contributed by atoms with Crippen LogP contribution in [0.25, 0.3) is 10.9 Å². The molecular weight excluding hydrogens is 156 g/mol. The highest BCUT2D eigenvalue weighted by atomic mass is 32.2. The van der Waals surface area contributed by atoms with Crippen molar-refractivity contribution in [1.82, 2.24) is 9.97 Å². The van der Waals surface area contributed by atoms with Crippen molar-refractivity contribution in [2.45, 2.75) is 5.03 Å². The summed E-state index contributed by atoms with van der Waals surface area (Å²) in [5, 5.41) is 2.24. The van der Waals surface area contributed by atoms with Gasteiger partial charge in [-0.15, -0.1) is 11.8 Å². The van der Waals surface area contributed by atoms with E-state index in [2.05, 4.69) is 16.0 Å². The van der Waals surface area contributed by atoms with Crippen molar-refractivity contribution in [3.63, 3.8) is 0 Å². The van der Waals surface area contributed by atoms with Gasteiger partial charge in [0.25, 0.3) is 0 Å². The van der Waals surface area contributed by atoms with Crippen LogP contribution in [-0.4, -0.2) is 16.2 Å². The predicted molar refractivity (Wildman–Crippen MR) is 47.9 cm³/mol. The Kier molecular flexibility index (Phi) is 1.58. The lowest BCUT2D eigenvalue weighted by Crippen LogP contribution is -1.76. The third kappa shape index (κ3) is 1.12. The van der Waals surface area contributed by atoms with Gasteiger partial charge in [0.05, 0.1) is 10.5 Å². The molecule has 0 spiro atoms. The van der Waals surface area contributed by atoms with E-state index in [0.717, 1.165) is 10.5 Å². The van der Waals surface area contributed by atoms with Crippen LogP contribution in [0, 0.1) is 0 Å². The normalized spacial score (nSPS) is 10.6. The maximum absolute atomic E-state index is 4.39. The molecule has 0 aliphatic rings. The SMILES string of the molecule is CSc1ccc2c[nH]cc2n1. The summed E-state index contributed by atoms with van der Waals surface area (Å²) in [4.78, 5) is 7.40. The molecule has 1 N–H and O–H groups in total. The fourth-order valence-electron chi connectivity index (χ4n) is 1.03. The van der Waals surface area contributed by atoms with E-state index in [1.807, 2.05) is 24.7 Å². The van der Waals surface area contributed by atoms with Crippen LogP contribution < -0.4 is 0 Å². The summed E-state index contributed by atoms with van der Waals surface area (Å²) in [6.07, 6.45) is 5.89. The zero-order chi connectivity index (χ0) is 7.68. The summed E-state index contributed by atoms with van der Waals surface area (Å²) in [5.74, 6) is 0. The first kappa shape index (κ1) is 6.73. The topological polar surface area (TPSA) is 28.7 Å². The number of H-pyrrole nitrogens is 1. The van der Waals surface area contributed by atoms with E-state index >= 15 is 0 Å². The third-order valence-electron chi connectivity index (χ3n) is 1.60. The zero-order valence-corrected chi connectivity index (χ0v) is 6.98. The molecule has 0 aromatic carbocycles. The quantitative estimate of drug-likeness (QED) is 0.655. The number of nitrogens with zero attached hydrogens (tertiary/aromatic N) is 1. The van der Waals surface area contributed by atoms with Gasteiger partial charge in [0, 0.05) is 17.8 Å². The number of pyridine rings is 1. The minimum atomic E-state index is 1.04. The van der Waals surface area contributed by atoms with Gasteiger partial charge in [-0.3, -0.25) is 0 Å². The van der Waals surface area contributed by atoms with Crippen LogP contribution in [0.3, 0.4) is 0 Å². The monoisotopic (exact) mass is 164 g/mol. The first-order valence-corrected chi connectivity index (χ1v) is 4.60. The van der Waals surface area contributed by atoms with Gasteiger partial charge in [-0.1, -0.05) is 0 Å². The number of nitrogens with one attached hydrogen (secondary N) is 1. The molecule has 2 aromatic heterocycles. The van der Waals surface area contributed by atoms with Crippen LogP contribution in [0.15, 0.2) is 29.6 Å². The number of fused-ring (bicyclic) bond motifs is 1. The smallest absolute Gasteiger partial charge is 0.0965 e. The molecule has 0 bridgehead atoms. The molecule has 2 nitrogen and oxygen atoms in total. The molecule has 11 heavy (non-hydrogen) atoms. The Hall–Kier alpha value is -0.960. The summed E-state index contributed by atoms with van der Waals surface area (Å²) < 4.78 is 0. The van der Waals surface area contributed by atoms with E-state index in [-0.39, 0.29) is 0 Å². The molecule has 0 atom stereocenters.